The smallest absolute Gasteiger partial charge is 0.334 e. The van der Waals surface area contributed by atoms with Gasteiger partial charge in [-0.05, 0) is 39.3 Å². The van der Waals surface area contributed by atoms with E-state index in [4.69, 9.17) is 14.2 Å². The van der Waals surface area contributed by atoms with E-state index in [1.807, 2.05) is 6.92 Å². The predicted octanol–water partition coefficient (Wildman–Crippen LogP) is 2.22. The van der Waals surface area contributed by atoms with Crippen LogP contribution in [0.5, 0.6) is 0 Å². The average Bonchev–Trinajstić information content (AvgIpc) is 3.11. The first-order valence-corrected chi connectivity index (χ1v) is 8.94. The molecule has 0 aromatic heterocycles. The molecule has 6 nitrogen and oxygen atoms in total. The molecule has 3 rings (SSSR count). The molecule has 1 unspecified atom stereocenters. The number of carbonyl (C=O) groups is 2. The van der Waals surface area contributed by atoms with Gasteiger partial charge >= 0.3 is 11.9 Å². The van der Waals surface area contributed by atoms with Gasteiger partial charge in [0, 0.05) is 24.0 Å². The number of rotatable bonds is 2. The summed E-state index contributed by atoms with van der Waals surface area (Å²) >= 11 is 0. The lowest BCUT2D eigenvalue weighted by Gasteiger charge is -2.29. The van der Waals surface area contributed by atoms with Gasteiger partial charge in [0.05, 0.1) is 23.7 Å². The van der Waals surface area contributed by atoms with Gasteiger partial charge in [-0.1, -0.05) is 12.7 Å². The minimum atomic E-state index is -0.667. The number of fused-ring (bicyclic) bond motifs is 2. The molecule has 2 fully saturated rings. The second-order valence-corrected chi connectivity index (χ2v) is 7.62. The molecule has 1 N–H and O–H groups in total. The van der Waals surface area contributed by atoms with Crippen LogP contribution in [0.4, 0.5) is 0 Å². The van der Waals surface area contributed by atoms with Gasteiger partial charge in [-0.25, -0.2) is 9.59 Å². The summed E-state index contributed by atoms with van der Waals surface area (Å²) in [5, 5.41) is 10.4. The van der Waals surface area contributed by atoms with Gasteiger partial charge in [-0.3, -0.25) is 0 Å². The molecule has 2 heterocycles. The lowest BCUT2D eigenvalue weighted by molar-refractivity contribution is -0.148. The van der Waals surface area contributed by atoms with E-state index in [-0.39, 0.29) is 11.7 Å². The third-order valence-electron chi connectivity index (χ3n) is 5.71. The molecule has 0 aromatic rings. The Kier molecular flexibility index (Phi) is 4.84. The maximum absolute atomic E-state index is 12.4. The van der Waals surface area contributed by atoms with Crippen molar-refractivity contribution in [3.63, 3.8) is 0 Å². The van der Waals surface area contributed by atoms with Crippen LogP contribution in [0.1, 0.15) is 40.5 Å². The van der Waals surface area contributed by atoms with E-state index >= 15 is 0 Å². The molecule has 0 saturated carbocycles. The summed E-state index contributed by atoms with van der Waals surface area (Å²) in [5.74, 6) is -1.43. The summed E-state index contributed by atoms with van der Waals surface area (Å²) in [6.07, 6.45) is 2.29. The second-order valence-electron chi connectivity index (χ2n) is 7.62. The number of ether oxygens (including phenoxy) is 3. The Hall–Kier alpha value is -1.92. The number of epoxide rings is 1. The molecule has 2 saturated heterocycles. The van der Waals surface area contributed by atoms with Crippen molar-refractivity contribution in [1.29, 1.82) is 0 Å². The largest absolute Gasteiger partial charge is 0.458 e. The molecule has 0 amide bonds. The Balaban J connectivity index is 1.98. The highest BCUT2D eigenvalue weighted by Crippen LogP contribution is 2.47. The van der Waals surface area contributed by atoms with E-state index in [1.165, 1.54) is 0 Å². The lowest BCUT2D eigenvalue weighted by atomic mass is 9.82. The van der Waals surface area contributed by atoms with Crippen molar-refractivity contribution in [1.82, 2.24) is 0 Å². The summed E-state index contributed by atoms with van der Waals surface area (Å²) in [6.45, 7) is 11.0. The molecule has 0 radical (unpaired) electrons. The van der Waals surface area contributed by atoms with Crippen LogP contribution in [0.25, 0.3) is 0 Å². The molecule has 3 aliphatic rings. The van der Waals surface area contributed by atoms with E-state index in [2.05, 4.69) is 6.58 Å². The highest BCUT2D eigenvalue weighted by Gasteiger charge is 2.57. The quantitative estimate of drug-likeness (QED) is 0.351. The predicted molar refractivity (Wildman–Crippen MR) is 94.1 cm³/mol. The van der Waals surface area contributed by atoms with Crippen molar-refractivity contribution in [3.8, 4) is 0 Å². The number of allylic oxidation sites excluding steroid dienone is 1. The Morgan fingerprint density at radius 1 is 1.50 bits per heavy atom. The van der Waals surface area contributed by atoms with Gasteiger partial charge in [0.2, 0.25) is 0 Å². The zero-order valence-corrected chi connectivity index (χ0v) is 15.7. The van der Waals surface area contributed by atoms with Crippen LogP contribution < -0.4 is 0 Å². The number of aliphatic hydroxyl groups excluding tert-OH is 1. The summed E-state index contributed by atoms with van der Waals surface area (Å²) in [6, 6.07) is 0. The van der Waals surface area contributed by atoms with Crippen LogP contribution in [-0.4, -0.2) is 47.1 Å². The molecular weight excluding hydrogens is 336 g/mol. The van der Waals surface area contributed by atoms with E-state index < -0.39 is 41.8 Å². The standard InChI is InChI=1S/C20H26O6/c1-6-10(2)18(22)25-15-9-20(5)16(26-20)8-13(21)11(3)7-14-17(15)12(4)19(23)24-14/h6-7,13-17,21H,4,8-9H2,1-3,5H3/b10-6+,11-7+/t13-,14?,15+,16+,17-,20-/m0/s1. The van der Waals surface area contributed by atoms with Crippen LogP contribution >= 0.6 is 0 Å². The number of hydrogen-bond donors (Lipinski definition) is 1. The van der Waals surface area contributed by atoms with Crippen LogP contribution in [-0.2, 0) is 23.8 Å². The maximum atomic E-state index is 12.4. The van der Waals surface area contributed by atoms with Crippen molar-refractivity contribution in [3.05, 3.63) is 35.5 Å². The molecule has 1 aliphatic carbocycles. The zero-order chi connectivity index (χ0) is 19.2. The summed E-state index contributed by atoms with van der Waals surface area (Å²) in [5.41, 5.74) is 0.974. The zero-order valence-electron chi connectivity index (χ0n) is 15.7. The van der Waals surface area contributed by atoms with Gasteiger partial charge in [0.1, 0.15) is 12.2 Å². The number of esters is 2. The van der Waals surface area contributed by atoms with Crippen molar-refractivity contribution in [2.24, 2.45) is 5.92 Å². The number of aliphatic hydroxyl groups is 1. The summed E-state index contributed by atoms with van der Waals surface area (Å²) in [4.78, 5) is 24.5. The van der Waals surface area contributed by atoms with Crippen LogP contribution in [0.2, 0.25) is 0 Å². The minimum absolute atomic E-state index is 0.118. The van der Waals surface area contributed by atoms with Crippen LogP contribution in [0.3, 0.4) is 0 Å². The van der Waals surface area contributed by atoms with Gasteiger partial charge in [0.15, 0.2) is 0 Å². The van der Waals surface area contributed by atoms with Crippen molar-refractivity contribution < 1.29 is 28.9 Å². The lowest BCUT2D eigenvalue weighted by Crippen LogP contribution is -2.37. The summed E-state index contributed by atoms with van der Waals surface area (Å²) in [7, 11) is 0. The normalized spacial score (nSPS) is 42.1. The second kappa shape index (κ2) is 6.67. The Morgan fingerprint density at radius 3 is 2.85 bits per heavy atom. The molecule has 6 heteroatoms. The molecule has 26 heavy (non-hydrogen) atoms. The molecular formula is C20H26O6. The third kappa shape index (κ3) is 3.35. The van der Waals surface area contributed by atoms with Crippen molar-refractivity contribution in [2.75, 3.05) is 0 Å². The highest BCUT2D eigenvalue weighted by atomic mass is 16.6. The van der Waals surface area contributed by atoms with Crippen molar-refractivity contribution in [2.45, 2.75) is 70.6 Å². The molecule has 0 aromatic carbocycles. The Labute approximate surface area is 153 Å². The van der Waals surface area contributed by atoms with E-state index in [1.54, 1.807) is 32.9 Å². The first-order valence-electron chi connectivity index (χ1n) is 8.94. The van der Waals surface area contributed by atoms with E-state index in [0.717, 1.165) is 0 Å². The average molecular weight is 362 g/mol. The van der Waals surface area contributed by atoms with Crippen LogP contribution in [0.15, 0.2) is 35.5 Å². The molecule has 0 bridgehead atoms. The molecule has 2 aliphatic heterocycles. The summed E-state index contributed by atoms with van der Waals surface area (Å²) < 4.78 is 17.0. The molecule has 6 atom stereocenters. The SMILES string of the molecule is C=C1C(=O)OC2/C=C(\C)[C@@H](O)C[C@H]3O[C@@]3(C)C[C@@H](OC(=O)/C(C)=C/C)[C@@H]12. The monoisotopic (exact) mass is 362 g/mol. The molecule has 0 spiro atoms. The van der Waals surface area contributed by atoms with E-state index in [0.29, 0.717) is 24.0 Å². The van der Waals surface area contributed by atoms with Crippen LogP contribution in [0, 0.1) is 5.92 Å². The first-order chi connectivity index (χ1) is 12.2. The van der Waals surface area contributed by atoms with Gasteiger partial charge < -0.3 is 19.3 Å². The maximum Gasteiger partial charge on any atom is 0.334 e. The van der Waals surface area contributed by atoms with Gasteiger partial charge in [-0.15, -0.1) is 0 Å². The Morgan fingerprint density at radius 2 is 2.19 bits per heavy atom. The molecule has 142 valence electrons. The topological polar surface area (TPSA) is 85.4 Å². The Bertz CT molecular complexity index is 705. The van der Waals surface area contributed by atoms with E-state index in [9.17, 15) is 14.7 Å². The number of hydrogen-bond acceptors (Lipinski definition) is 6. The minimum Gasteiger partial charge on any atom is -0.458 e. The van der Waals surface area contributed by atoms with Gasteiger partial charge in [-0.2, -0.15) is 0 Å². The number of carbonyl (C=O) groups excluding carboxylic acids is 2. The fourth-order valence-corrected chi connectivity index (χ4v) is 3.70. The third-order valence-corrected chi connectivity index (χ3v) is 5.71. The van der Waals surface area contributed by atoms with Gasteiger partial charge in [0.25, 0.3) is 0 Å². The van der Waals surface area contributed by atoms with Crippen molar-refractivity contribution >= 4 is 11.9 Å². The highest BCUT2D eigenvalue weighted by molar-refractivity contribution is 5.92. The first kappa shape index (κ1) is 18.9. The fourth-order valence-electron chi connectivity index (χ4n) is 3.70. The fraction of sp³-hybridized carbons (Fsp3) is 0.600.